The van der Waals surface area contributed by atoms with E-state index < -0.39 is 42.1 Å². The molecule has 0 spiro atoms. The molecule has 0 fully saturated rings. The number of thiophene rings is 1. The van der Waals surface area contributed by atoms with Crippen LogP contribution >= 0.6 is 11.3 Å². The smallest absolute Gasteiger partial charge is 0.328 e. The number of ether oxygens (including phenoxy) is 1. The summed E-state index contributed by atoms with van der Waals surface area (Å²) in [6.07, 6.45) is 0. The van der Waals surface area contributed by atoms with Gasteiger partial charge in [-0.1, -0.05) is 18.2 Å². The molecule has 3 N–H and O–H groups in total. The molecular weight excluding hydrogens is 388 g/mol. The zero-order chi connectivity index (χ0) is 20.1. The Morgan fingerprint density at radius 2 is 1.79 bits per heavy atom. The lowest BCUT2D eigenvalue weighted by Gasteiger charge is -2.09. The van der Waals surface area contributed by atoms with Gasteiger partial charge in [0.1, 0.15) is 6.54 Å². The fourth-order valence-electron chi connectivity index (χ4n) is 2.31. The lowest BCUT2D eigenvalue weighted by atomic mass is 10.2. The van der Waals surface area contributed by atoms with Gasteiger partial charge in [0.2, 0.25) is 0 Å². The van der Waals surface area contributed by atoms with E-state index in [1.807, 2.05) is 0 Å². The first kappa shape index (κ1) is 19.0. The number of amides is 2. The van der Waals surface area contributed by atoms with Gasteiger partial charge in [0.25, 0.3) is 22.9 Å². The third-order valence-electron chi connectivity index (χ3n) is 3.60. The summed E-state index contributed by atoms with van der Waals surface area (Å²) in [4.78, 5) is 59.9. The lowest BCUT2D eigenvalue weighted by molar-refractivity contribution is -0.149. The SMILES string of the molecule is O=C(COC(=O)Cn1[nH]c(=O)c2ccccc2c1=O)NNC(=O)c1cccs1. The molecule has 3 aromatic rings. The molecule has 0 aliphatic rings. The van der Waals surface area contributed by atoms with Crippen LogP contribution in [0.15, 0.2) is 51.4 Å². The monoisotopic (exact) mass is 402 g/mol. The van der Waals surface area contributed by atoms with E-state index in [0.29, 0.717) is 4.88 Å². The van der Waals surface area contributed by atoms with E-state index in [9.17, 15) is 24.0 Å². The van der Waals surface area contributed by atoms with Crippen LogP contribution in [0, 0.1) is 0 Å². The molecule has 0 aliphatic carbocycles. The van der Waals surface area contributed by atoms with E-state index in [2.05, 4.69) is 16.0 Å². The number of hydrogen-bond donors (Lipinski definition) is 3. The van der Waals surface area contributed by atoms with Gasteiger partial charge in [0.05, 0.1) is 15.6 Å². The molecule has 0 radical (unpaired) electrons. The third-order valence-corrected chi connectivity index (χ3v) is 4.46. The number of aromatic nitrogens is 2. The standard InChI is InChI=1S/C17H14N4O6S/c22-13(18-19-16(25)12-6-3-7-28-12)9-27-14(23)8-21-17(26)11-5-2-1-4-10(11)15(24)20-21/h1-7H,8-9H2,(H,18,22)(H,19,25)(H,20,24). The van der Waals surface area contributed by atoms with Crippen LogP contribution in [0.25, 0.3) is 10.8 Å². The van der Waals surface area contributed by atoms with Crippen molar-refractivity contribution in [3.63, 3.8) is 0 Å². The largest absolute Gasteiger partial charge is 0.454 e. The minimum Gasteiger partial charge on any atom is -0.454 e. The second-order valence-corrected chi connectivity index (χ2v) is 6.47. The second-order valence-electron chi connectivity index (χ2n) is 5.52. The fourth-order valence-corrected chi connectivity index (χ4v) is 2.93. The Labute approximate surface area is 160 Å². The first-order valence-electron chi connectivity index (χ1n) is 7.96. The molecule has 10 nitrogen and oxygen atoms in total. The number of hydrazine groups is 1. The van der Waals surface area contributed by atoms with E-state index in [4.69, 9.17) is 4.74 Å². The Bertz CT molecular complexity index is 1150. The molecule has 0 saturated carbocycles. The Kier molecular flexibility index (Phi) is 5.65. The van der Waals surface area contributed by atoms with Crippen LogP contribution in [-0.2, 0) is 20.9 Å². The predicted octanol–water partition coefficient (Wildman–Crippen LogP) is -0.244. The molecule has 11 heteroatoms. The average Bonchev–Trinajstić information content (AvgIpc) is 3.23. The van der Waals surface area contributed by atoms with Crippen molar-refractivity contribution < 1.29 is 19.1 Å². The zero-order valence-electron chi connectivity index (χ0n) is 14.3. The van der Waals surface area contributed by atoms with Gasteiger partial charge in [-0.2, -0.15) is 0 Å². The topological polar surface area (TPSA) is 139 Å². The Morgan fingerprint density at radius 3 is 2.50 bits per heavy atom. The second kappa shape index (κ2) is 8.31. The Hall–Kier alpha value is -3.73. The third kappa shape index (κ3) is 4.32. The van der Waals surface area contributed by atoms with Crippen molar-refractivity contribution in [2.75, 3.05) is 6.61 Å². The number of fused-ring (bicyclic) bond motifs is 1. The van der Waals surface area contributed by atoms with Crippen LogP contribution in [0.1, 0.15) is 9.67 Å². The molecule has 0 aliphatic heterocycles. The van der Waals surface area contributed by atoms with Gasteiger partial charge in [-0.25, -0.2) is 4.68 Å². The fraction of sp³-hybridized carbons (Fsp3) is 0.118. The van der Waals surface area contributed by atoms with E-state index in [0.717, 1.165) is 4.68 Å². The molecule has 1 aromatic carbocycles. The predicted molar refractivity (Wildman–Crippen MR) is 99.7 cm³/mol. The summed E-state index contributed by atoms with van der Waals surface area (Å²) >= 11 is 1.20. The molecule has 2 amide bonds. The highest BCUT2D eigenvalue weighted by Gasteiger charge is 2.13. The molecule has 2 heterocycles. The molecular formula is C17H14N4O6S. The number of carbonyl (C=O) groups is 3. The summed E-state index contributed by atoms with van der Waals surface area (Å²) in [5.74, 6) is -2.18. The zero-order valence-corrected chi connectivity index (χ0v) is 15.1. The van der Waals surface area contributed by atoms with Crippen molar-refractivity contribution in [1.29, 1.82) is 0 Å². The summed E-state index contributed by atoms with van der Waals surface area (Å²) in [7, 11) is 0. The number of rotatable bonds is 5. The lowest BCUT2D eigenvalue weighted by Crippen LogP contribution is -2.43. The minimum absolute atomic E-state index is 0.160. The van der Waals surface area contributed by atoms with Crippen molar-refractivity contribution in [3.8, 4) is 0 Å². The van der Waals surface area contributed by atoms with Crippen LogP contribution in [-0.4, -0.2) is 34.2 Å². The van der Waals surface area contributed by atoms with Gasteiger partial charge < -0.3 is 4.74 Å². The number of aromatic amines is 1. The van der Waals surface area contributed by atoms with Crippen LogP contribution in [0.5, 0.6) is 0 Å². The summed E-state index contributed by atoms with van der Waals surface area (Å²) in [5, 5.41) is 4.36. The van der Waals surface area contributed by atoms with Crippen molar-refractivity contribution in [1.82, 2.24) is 20.6 Å². The summed E-state index contributed by atoms with van der Waals surface area (Å²) in [6, 6.07) is 9.44. The molecule has 2 aromatic heterocycles. The van der Waals surface area contributed by atoms with Gasteiger partial charge in [0, 0.05) is 0 Å². The van der Waals surface area contributed by atoms with E-state index in [1.165, 1.54) is 23.5 Å². The molecule has 3 rings (SSSR count). The van der Waals surface area contributed by atoms with Crippen molar-refractivity contribution in [2.45, 2.75) is 6.54 Å². The number of nitrogens with one attached hydrogen (secondary N) is 3. The molecule has 0 unspecified atom stereocenters. The maximum absolute atomic E-state index is 12.3. The van der Waals surface area contributed by atoms with Crippen LogP contribution in [0.2, 0.25) is 0 Å². The number of benzene rings is 1. The molecule has 144 valence electrons. The van der Waals surface area contributed by atoms with E-state index in [1.54, 1.807) is 29.6 Å². The number of hydrogen-bond acceptors (Lipinski definition) is 7. The maximum Gasteiger partial charge on any atom is 0.328 e. The maximum atomic E-state index is 12.3. The van der Waals surface area contributed by atoms with Gasteiger partial charge in [-0.15, -0.1) is 11.3 Å². The van der Waals surface area contributed by atoms with E-state index in [-0.39, 0.29) is 10.8 Å². The highest BCUT2D eigenvalue weighted by Crippen LogP contribution is 2.07. The quantitative estimate of drug-likeness (QED) is 0.397. The number of H-pyrrole nitrogens is 1. The van der Waals surface area contributed by atoms with Gasteiger partial charge in [-0.05, 0) is 23.6 Å². The number of nitrogens with zero attached hydrogens (tertiary/aromatic N) is 1. The number of esters is 1. The first-order chi connectivity index (χ1) is 13.5. The van der Waals surface area contributed by atoms with E-state index >= 15 is 0 Å². The Balaban J connectivity index is 1.54. The number of carbonyl (C=O) groups excluding carboxylic acids is 3. The van der Waals surface area contributed by atoms with Gasteiger partial charge in [-0.3, -0.25) is 39.9 Å². The molecule has 0 atom stereocenters. The van der Waals surface area contributed by atoms with Crippen LogP contribution in [0.4, 0.5) is 0 Å². The van der Waals surface area contributed by atoms with Gasteiger partial charge in [0.15, 0.2) is 6.61 Å². The molecule has 0 saturated heterocycles. The average molecular weight is 402 g/mol. The first-order valence-corrected chi connectivity index (χ1v) is 8.84. The van der Waals surface area contributed by atoms with Gasteiger partial charge >= 0.3 is 5.97 Å². The summed E-state index contributed by atoms with van der Waals surface area (Å²) in [5.41, 5.74) is 3.17. The highest BCUT2D eigenvalue weighted by atomic mass is 32.1. The van der Waals surface area contributed by atoms with Crippen LogP contribution in [0.3, 0.4) is 0 Å². The highest BCUT2D eigenvalue weighted by molar-refractivity contribution is 7.12. The Morgan fingerprint density at radius 1 is 1.04 bits per heavy atom. The van der Waals surface area contributed by atoms with Crippen molar-refractivity contribution in [2.24, 2.45) is 0 Å². The normalized spacial score (nSPS) is 10.4. The minimum atomic E-state index is -0.909. The summed E-state index contributed by atoms with van der Waals surface area (Å²) in [6.45, 7) is -1.25. The molecule has 28 heavy (non-hydrogen) atoms. The summed E-state index contributed by atoms with van der Waals surface area (Å²) < 4.78 is 5.57. The molecule has 0 bridgehead atoms. The van der Waals surface area contributed by atoms with Crippen LogP contribution < -0.4 is 22.0 Å². The van der Waals surface area contributed by atoms with Crippen molar-refractivity contribution >= 4 is 39.9 Å². The van der Waals surface area contributed by atoms with Crippen molar-refractivity contribution in [3.05, 3.63) is 67.4 Å².